The molecule has 2 heterocycles. The number of carbonyl (C=O) groups excluding carboxylic acids is 5. The number of rotatable bonds is 15. The van der Waals surface area contributed by atoms with Gasteiger partial charge in [-0.15, -0.1) is 6.58 Å². The van der Waals surface area contributed by atoms with Crippen LogP contribution in [-0.2, 0) is 34.0 Å². The summed E-state index contributed by atoms with van der Waals surface area (Å²) in [6.45, 7) is 20.4. The van der Waals surface area contributed by atoms with E-state index < -0.39 is 55.6 Å². The highest BCUT2D eigenvalue weighted by Gasteiger charge is 2.85. The van der Waals surface area contributed by atoms with Gasteiger partial charge in [-0.2, -0.15) is 0 Å². The maximum atomic E-state index is 15.3. The van der Waals surface area contributed by atoms with Crippen LogP contribution in [0.25, 0.3) is 0 Å². The van der Waals surface area contributed by atoms with Crippen molar-refractivity contribution in [1.82, 2.24) is 19.8 Å². The van der Waals surface area contributed by atoms with E-state index >= 15 is 4.79 Å². The second-order valence-electron chi connectivity index (χ2n) is 21.9. The van der Waals surface area contributed by atoms with Crippen molar-refractivity contribution in [2.24, 2.45) is 44.8 Å². The molecule has 0 radical (unpaired) electrons. The number of Topliss-reactive ketones (excluding diaryl/α,β-unsaturated/α-hetero) is 2. The quantitative estimate of drug-likeness (QED) is 0.178. The van der Waals surface area contributed by atoms with Crippen LogP contribution in [0.1, 0.15) is 158 Å². The van der Waals surface area contributed by atoms with Crippen molar-refractivity contribution >= 4 is 39.3 Å². The Morgan fingerprint density at radius 2 is 1.47 bits per heavy atom. The predicted octanol–water partition coefficient (Wildman–Crippen LogP) is 6.49. The van der Waals surface area contributed by atoms with E-state index in [0.717, 1.165) is 83.7 Å². The number of nitrogens with zero attached hydrogens (tertiary/aromatic N) is 2. The van der Waals surface area contributed by atoms with E-state index in [9.17, 15) is 27.6 Å². The number of hydrogen-bond acceptors (Lipinski definition) is 8. The zero-order chi connectivity index (χ0) is 42.3. The van der Waals surface area contributed by atoms with Gasteiger partial charge in [0.1, 0.15) is 0 Å². The molecule has 0 aromatic carbocycles. The Morgan fingerprint density at radius 1 is 0.845 bits per heavy atom. The Kier molecular flexibility index (Phi) is 11.3. The highest BCUT2D eigenvalue weighted by Crippen LogP contribution is 2.88. The van der Waals surface area contributed by atoms with Crippen molar-refractivity contribution in [3.05, 3.63) is 12.7 Å². The first-order valence-corrected chi connectivity index (χ1v) is 24.2. The van der Waals surface area contributed by atoms with E-state index in [0.29, 0.717) is 32.2 Å². The molecule has 58 heavy (non-hydrogen) atoms. The first kappa shape index (κ1) is 43.5. The maximum absolute atomic E-state index is 15.3. The monoisotopic (exact) mass is 825 g/mol. The van der Waals surface area contributed by atoms with Gasteiger partial charge in [0.15, 0.2) is 11.6 Å². The van der Waals surface area contributed by atoms with Gasteiger partial charge in [-0.3, -0.25) is 33.6 Å². The number of hydrogen-bond donors (Lipinski definition) is 2. The van der Waals surface area contributed by atoms with Gasteiger partial charge in [0.05, 0.1) is 28.3 Å². The molecule has 5 aliphatic carbocycles. The van der Waals surface area contributed by atoms with Crippen molar-refractivity contribution in [2.45, 2.75) is 180 Å². The van der Waals surface area contributed by atoms with Gasteiger partial charge in [0.2, 0.25) is 27.7 Å². The second kappa shape index (κ2) is 15.1. The summed E-state index contributed by atoms with van der Waals surface area (Å²) in [7, 11) is -3.82. The normalized spacial score (nSPS) is 31.9. The van der Waals surface area contributed by atoms with Crippen molar-refractivity contribution in [2.75, 3.05) is 19.6 Å². The van der Waals surface area contributed by atoms with E-state index in [4.69, 9.17) is 0 Å². The average Bonchev–Trinajstić information content (AvgIpc) is 4.10. The number of likely N-dealkylation sites (tertiary alicyclic amines) is 2. The molecule has 7 aliphatic rings. The Morgan fingerprint density at radius 3 is 1.98 bits per heavy atom. The molecule has 5 saturated carbocycles. The molecule has 7 fully saturated rings. The summed E-state index contributed by atoms with van der Waals surface area (Å²) in [5.41, 5.74) is -2.94. The molecule has 12 heteroatoms. The molecule has 2 spiro atoms. The van der Waals surface area contributed by atoms with Crippen LogP contribution < -0.4 is 10.0 Å². The minimum absolute atomic E-state index is 0.00407. The minimum atomic E-state index is -3.82. The summed E-state index contributed by atoms with van der Waals surface area (Å²) < 4.78 is 28.0. The Balaban J connectivity index is 1.15. The second-order valence-corrected chi connectivity index (χ2v) is 23.9. The third-order valence-corrected chi connectivity index (χ3v) is 19.0. The van der Waals surface area contributed by atoms with Crippen molar-refractivity contribution in [3.8, 4) is 0 Å². The number of sulfonamides is 1. The largest absolute Gasteiger partial charge is 0.344 e. The molecule has 2 saturated heterocycles. The molecule has 11 nitrogen and oxygen atoms in total. The fourth-order valence-electron chi connectivity index (χ4n) is 12.6. The summed E-state index contributed by atoms with van der Waals surface area (Å²) in [6.07, 6.45) is 14.5. The zero-order valence-corrected chi connectivity index (χ0v) is 37.4. The van der Waals surface area contributed by atoms with Crippen LogP contribution in [0.2, 0.25) is 0 Å². The van der Waals surface area contributed by atoms with Crippen LogP contribution in [0.5, 0.6) is 0 Å². The SMILES string of the molecule is C=C[C@H]1C[C@@]1(CC(=O)[C@@H]1C[C@@]2(CN1C(=O)[C@@H](CC(=O)[C@@H](NC(=O)C(C)(C)N1CCCCC1)C1CCCCC1)C(C)(C)C)C(C)(C)C21CCC1)C(=O)NS(=O)(=O)C1CC1. The van der Waals surface area contributed by atoms with Gasteiger partial charge in [-0.25, -0.2) is 8.42 Å². The smallest absolute Gasteiger partial charge is 0.240 e. The topological polar surface area (TPSA) is 150 Å². The fraction of sp³-hybridized carbons (Fsp3) is 0.848. The van der Waals surface area contributed by atoms with E-state index in [1.807, 2.05) is 34.6 Å². The summed E-state index contributed by atoms with van der Waals surface area (Å²) in [5.74, 6) is -2.46. The highest BCUT2D eigenvalue weighted by molar-refractivity contribution is 7.90. The van der Waals surface area contributed by atoms with Crippen LogP contribution in [0.3, 0.4) is 0 Å². The average molecular weight is 825 g/mol. The number of piperidine rings is 1. The molecule has 2 aliphatic heterocycles. The van der Waals surface area contributed by atoms with E-state index in [2.05, 4.69) is 35.4 Å². The Hall–Kier alpha value is -2.60. The zero-order valence-electron chi connectivity index (χ0n) is 36.6. The number of allylic oxidation sites excluding steroid dienone is 1. The summed E-state index contributed by atoms with van der Waals surface area (Å²) >= 11 is 0. The van der Waals surface area contributed by atoms with Crippen molar-refractivity contribution in [3.63, 3.8) is 0 Å². The molecule has 0 unspecified atom stereocenters. The number of amides is 3. The van der Waals surface area contributed by atoms with Crippen LogP contribution in [0.4, 0.5) is 0 Å². The summed E-state index contributed by atoms with van der Waals surface area (Å²) in [4.78, 5) is 76.8. The molecular weight excluding hydrogens is 753 g/mol. The standard InChI is InChI=1S/C46H72N4O7S/c1-9-31-26-44(31,40(55)48-58(56,57)32-19-20-32)28-36(52)34-27-46(43(7,8)45(46)21-16-22-45)29-50(34)38(53)33(41(2,3)4)25-35(51)37(30-17-12-10-13-18-30)47-39(54)42(5,6)49-23-14-11-15-24-49/h9,30-34,37H,1,10-29H2,2-8H3,(H,47,54)(H,48,55)/t31-,33+,34-,37-,44-,46+/m0/s1. The lowest BCUT2D eigenvalue weighted by molar-refractivity contribution is -0.147. The lowest BCUT2D eigenvalue weighted by Crippen LogP contribution is -2.60. The van der Waals surface area contributed by atoms with Gasteiger partial charge < -0.3 is 10.2 Å². The fourth-order valence-corrected chi connectivity index (χ4v) is 13.9. The van der Waals surface area contributed by atoms with E-state index in [1.165, 1.54) is 0 Å². The minimum Gasteiger partial charge on any atom is -0.344 e. The predicted molar refractivity (Wildman–Crippen MR) is 224 cm³/mol. The lowest BCUT2D eigenvalue weighted by atomic mass is 9.73. The van der Waals surface area contributed by atoms with E-state index in [1.54, 1.807) is 11.0 Å². The number of nitrogens with one attached hydrogen (secondary N) is 2. The van der Waals surface area contributed by atoms with Crippen molar-refractivity contribution < 1.29 is 32.4 Å². The lowest BCUT2D eigenvalue weighted by Gasteiger charge is -2.41. The molecule has 3 amide bonds. The number of ketones is 2. The van der Waals surface area contributed by atoms with Gasteiger partial charge in [-0.1, -0.05) is 72.8 Å². The molecule has 324 valence electrons. The summed E-state index contributed by atoms with van der Waals surface area (Å²) in [5, 5.41) is 2.68. The Bertz CT molecular complexity index is 1800. The van der Waals surface area contributed by atoms with Gasteiger partial charge in [-0.05, 0) is 119 Å². The first-order valence-electron chi connectivity index (χ1n) is 22.7. The highest BCUT2D eigenvalue weighted by atomic mass is 32.2. The molecule has 7 rings (SSSR count). The molecule has 2 N–H and O–H groups in total. The third-order valence-electron chi connectivity index (χ3n) is 17.2. The van der Waals surface area contributed by atoms with Gasteiger partial charge in [0, 0.05) is 30.7 Å². The first-order chi connectivity index (χ1) is 27.1. The molecule has 0 aromatic rings. The van der Waals surface area contributed by atoms with Crippen LogP contribution >= 0.6 is 0 Å². The third kappa shape index (κ3) is 7.23. The van der Waals surface area contributed by atoms with E-state index in [-0.39, 0.29) is 64.3 Å². The number of fused-ring (bicyclic) bond motifs is 1. The molecule has 0 aromatic heterocycles. The van der Waals surface area contributed by atoms with Crippen LogP contribution in [-0.4, -0.2) is 90.0 Å². The molecular formula is C46H72N4O7S. The maximum Gasteiger partial charge on any atom is 0.240 e. The van der Waals surface area contributed by atoms with Gasteiger partial charge in [0.25, 0.3) is 0 Å². The van der Waals surface area contributed by atoms with Crippen molar-refractivity contribution in [1.29, 1.82) is 0 Å². The Labute approximate surface area is 348 Å². The van der Waals surface area contributed by atoms with Crippen LogP contribution in [0.15, 0.2) is 12.7 Å². The molecule has 6 atom stereocenters. The molecule has 0 bridgehead atoms. The van der Waals surface area contributed by atoms with Crippen LogP contribution in [0, 0.1) is 44.8 Å². The summed E-state index contributed by atoms with van der Waals surface area (Å²) in [6, 6.07) is -1.49. The number of carbonyl (C=O) groups is 5. The van der Waals surface area contributed by atoms with Gasteiger partial charge >= 0.3 is 0 Å².